The molecule has 1 heterocycles. The molecule has 1 aromatic heterocycles. The molecule has 2 aromatic rings. The molecule has 20 heavy (non-hydrogen) atoms. The van der Waals surface area contributed by atoms with Gasteiger partial charge in [0, 0.05) is 12.6 Å². The van der Waals surface area contributed by atoms with Crippen LogP contribution in [0, 0.1) is 0 Å². The Morgan fingerprint density at radius 3 is 2.60 bits per heavy atom. The van der Waals surface area contributed by atoms with Crippen LogP contribution in [-0.2, 0) is 13.2 Å². The number of halogens is 3. The van der Waals surface area contributed by atoms with Crippen molar-refractivity contribution in [2.75, 3.05) is 0 Å². The fourth-order valence-electron chi connectivity index (χ4n) is 1.51. The molecule has 0 bridgehead atoms. The topological polar surface area (TPSA) is 66.0 Å². The summed E-state index contributed by atoms with van der Waals surface area (Å²) in [4.78, 5) is 3.44. The average Bonchev–Trinajstić information content (AvgIpc) is 2.73. The number of thiocarbonyl (C=S) groups is 1. The summed E-state index contributed by atoms with van der Waals surface area (Å²) in [6, 6.07) is 3.14. The van der Waals surface area contributed by atoms with Crippen molar-refractivity contribution in [1.82, 2.24) is 14.8 Å². The van der Waals surface area contributed by atoms with Crippen LogP contribution in [0.3, 0.4) is 0 Å². The Kier molecular flexibility index (Phi) is 3.62. The minimum absolute atomic E-state index is 0.0150. The second-order valence-corrected chi connectivity index (χ2v) is 4.31. The molecule has 0 aliphatic heterocycles. The van der Waals surface area contributed by atoms with Gasteiger partial charge in [0.2, 0.25) is 0 Å². The van der Waals surface area contributed by atoms with Crippen LogP contribution in [-0.4, -0.2) is 19.8 Å². The number of ether oxygens (including phenoxy) is 1. The molecular formula is C11H9F3N4OS. The van der Waals surface area contributed by atoms with Crippen LogP contribution in [0.15, 0.2) is 24.5 Å². The van der Waals surface area contributed by atoms with Crippen LogP contribution in [0.5, 0.6) is 11.8 Å². The van der Waals surface area contributed by atoms with Gasteiger partial charge in [-0.05, 0) is 18.2 Å². The van der Waals surface area contributed by atoms with Gasteiger partial charge < -0.3 is 10.5 Å². The van der Waals surface area contributed by atoms with E-state index in [1.165, 1.54) is 11.0 Å². The second-order valence-electron chi connectivity index (χ2n) is 3.87. The van der Waals surface area contributed by atoms with Gasteiger partial charge in [-0.2, -0.15) is 18.2 Å². The number of alkyl halides is 3. The quantitative estimate of drug-likeness (QED) is 0.881. The molecule has 0 saturated heterocycles. The van der Waals surface area contributed by atoms with E-state index in [0.29, 0.717) is 0 Å². The van der Waals surface area contributed by atoms with Gasteiger partial charge in [-0.3, -0.25) is 4.68 Å². The largest absolute Gasteiger partial charge is 0.423 e. The normalized spacial score (nSPS) is 11.4. The standard InChI is InChI=1S/C11H9F3N4OS/c1-18-5-16-10(17-18)19-6-2-3-8(11(12,13)14)7(4-6)9(15)20/h2-5H,1H3,(H2,15,20). The Balaban J connectivity index is 2.38. The lowest BCUT2D eigenvalue weighted by Gasteiger charge is -2.13. The predicted molar refractivity (Wildman–Crippen MR) is 68.4 cm³/mol. The first-order chi connectivity index (χ1) is 9.27. The molecule has 2 N–H and O–H groups in total. The Hall–Kier alpha value is -2.16. The van der Waals surface area contributed by atoms with Crippen LogP contribution in [0.1, 0.15) is 11.1 Å². The van der Waals surface area contributed by atoms with Crippen LogP contribution in [0.2, 0.25) is 0 Å². The monoisotopic (exact) mass is 302 g/mol. The molecule has 0 saturated carbocycles. The molecule has 0 aliphatic rings. The van der Waals surface area contributed by atoms with Crippen molar-refractivity contribution < 1.29 is 17.9 Å². The first-order valence-electron chi connectivity index (χ1n) is 5.32. The summed E-state index contributed by atoms with van der Waals surface area (Å²) in [5.41, 5.74) is 4.10. The Labute approximate surface area is 117 Å². The molecule has 0 aliphatic carbocycles. The number of rotatable bonds is 3. The van der Waals surface area contributed by atoms with E-state index in [2.05, 4.69) is 22.3 Å². The summed E-state index contributed by atoms with van der Waals surface area (Å²) in [6.07, 6.45) is -3.14. The summed E-state index contributed by atoms with van der Waals surface area (Å²) in [5.74, 6) is 0.118. The van der Waals surface area contributed by atoms with Crippen molar-refractivity contribution in [3.8, 4) is 11.8 Å². The van der Waals surface area contributed by atoms with E-state index >= 15 is 0 Å². The molecule has 9 heteroatoms. The van der Waals surface area contributed by atoms with E-state index in [1.807, 2.05) is 0 Å². The van der Waals surface area contributed by atoms with Crippen molar-refractivity contribution in [1.29, 1.82) is 0 Å². The molecule has 1 aromatic carbocycles. The molecular weight excluding hydrogens is 293 g/mol. The van der Waals surface area contributed by atoms with Crippen LogP contribution in [0.4, 0.5) is 13.2 Å². The molecule has 0 radical (unpaired) electrons. The van der Waals surface area contributed by atoms with Crippen molar-refractivity contribution in [3.05, 3.63) is 35.7 Å². The van der Waals surface area contributed by atoms with Gasteiger partial charge in [0.25, 0.3) is 0 Å². The Morgan fingerprint density at radius 2 is 2.10 bits per heavy atom. The second kappa shape index (κ2) is 5.08. The molecule has 5 nitrogen and oxygen atoms in total. The highest BCUT2D eigenvalue weighted by atomic mass is 32.1. The zero-order valence-corrected chi connectivity index (χ0v) is 11.0. The smallest absolute Gasteiger partial charge is 0.417 e. The number of nitrogens with two attached hydrogens (primary N) is 1. The van der Waals surface area contributed by atoms with Crippen LogP contribution >= 0.6 is 12.2 Å². The molecule has 0 amide bonds. The lowest BCUT2D eigenvalue weighted by atomic mass is 10.1. The first-order valence-corrected chi connectivity index (χ1v) is 5.73. The van der Waals surface area contributed by atoms with Crippen LogP contribution in [0.25, 0.3) is 0 Å². The third kappa shape index (κ3) is 3.05. The SMILES string of the molecule is Cn1cnc(Oc2ccc(C(F)(F)F)c(C(N)=S)c2)n1. The number of nitrogens with zero attached hydrogens (tertiary/aromatic N) is 3. The predicted octanol–water partition coefficient (Wildman–Crippen LogP) is 2.26. The molecule has 2 rings (SSSR count). The lowest BCUT2D eigenvalue weighted by molar-refractivity contribution is -0.137. The Bertz CT molecular complexity index is 653. The summed E-state index contributed by atoms with van der Waals surface area (Å²) >= 11 is 4.63. The average molecular weight is 302 g/mol. The zero-order chi connectivity index (χ0) is 14.9. The first kappa shape index (κ1) is 14.3. The summed E-state index contributed by atoms with van der Waals surface area (Å²) < 4.78 is 45.0. The van der Waals surface area contributed by atoms with Gasteiger partial charge in [0.05, 0.1) is 5.56 Å². The van der Waals surface area contributed by atoms with E-state index in [-0.39, 0.29) is 22.3 Å². The third-order valence-corrected chi connectivity index (χ3v) is 2.57. The van der Waals surface area contributed by atoms with Gasteiger partial charge >= 0.3 is 12.2 Å². The van der Waals surface area contributed by atoms with Crippen molar-refractivity contribution in [2.45, 2.75) is 6.18 Å². The number of hydrogen-bond acceptors (Lipinski definition) is 4. The summed E-state index contributed by atoms with van der Waals surface area (Å²) in [6.45, 7) is 0. The van der Waals surface area contributed by atoms with E-state index in [0.717, 1.165) is 18.2 Å². The van der Waals surface area contributed by atoms with Crippen LogP contribution < -0.4 is 10.5 Å². The number of aryl methyl sites for hydroxylation is 1. The number of aromatic nitrogens is 3. The number of benzene rings is 1. The van der Waals surface area contributed by atoms with Crippen molar-refractivity contribution in [2.24, 2.45) is 12.8 Å². The molecule has 0 atom stereocenters. The number of hydrogen-bond donors (Lipinski definition) is 1. The maximum Gasteiger partial charge on any atom is 0.417 e. The zero-order valence-electron chi connectivity index (χ0n) is 10.2. The minimum atomic E-state index is -4.54. The van der Waals surface area contributed by atoms with E-state index in [1.54, 1.807) is 7.05 Å². The highest BCUT2D eigenvalue weighted by Gasteiger charge is 2.34. The fraction of sp³-hybridized carbons (Fsp3) is 0.182. The molecule has 0 fully saturated rings. The van der Waals surface area contributed by atoms with E-state index < -0.39 is 11.7 Å². The summed E-state index contributed by atoms with van der Waals surface area (Å²) in [5, 5.41) is 3.85. The third-order valence-electron chi connectivity index (χ3n) is 2.35. The van der Waals surface area contributed by atoms with E-state index in [4.69, 9.17) is 10.5 Å². The summed E-state index contributed by atoms with van der Waals surface area (Å²) in [7, 11) is 1.63. The van der Waals surface area contributed by atoms with Gasteiger partial charge in [-0.15, -0.1) is 5.10 Å². The molecule has 106 valence electrons. The van der Waals surface area contributed by atoms with Crippen molar-refractivity contribution >= 4 is 17.2 Å². The van der Waals surface area contributed by atoms with Gasteiger partial charge in [-0.25, -0.2) is 0 Å². The molecule has 0 unspecified atom stereocenters. The maximum absolute atomic E-state index is 12.8. The molecule has 0 spiro atoms. The fourth-order valence-corrected chi connectivity index (χ4v) is 1.68. The lowest BCUT2D eigenvalue weighted by Crippen LogP contribution is -2.17. The van der Waals surface area contributed by atoms with Gasteiger partial charge in [0.1, 0.15) is 17.1 Å². The maximum atomic E-state index is 12.8. The Morgan fingerprint density at radius 1 is 1.40 bits per heavy atom. The van der Waals surface area contributed by atoms with Crippen molar-refractivity contribution in [3.63, 3.8) is 0 Å². The van der Waals surface area contributed by atoms with Gasteiger partial charge in [-0.1, -0.05) is 12.2 Å². The highest BCUT2D eigenvalue weighted by molar-refractivity contribution is 7.80. The highest BCUT2D eigenvalue weighted by Crippen LogP contribution is 2.34. The van der Waals surface area contributed by atoms with Gasteiger partial charge in [0.15, 0.2) is 0 Å². The van der Waals surface area contributed by atoms with E-state index in [9.17, 15) is 13.2 Å². The minimum Gasteiger partial charge on any atom is -0.423 e.